The molecule has 1 amide bonds. The molecule has 2 aliphatic heterocycles. The van der Waals surface area contributed by atoms with Gasteiger partial charge in [-0.05, 0) is 61.6 Å². The van der Waals surface area contributed by atoms with Gasteiger partial charge in [-0.2, -0.15) is 0 Å². The second-order valence-corrected chi connectivity index (χ2v) is 9.08. The van der Waals surface area contributed by atoms with Crippen LogP contribution in [0.15, 0.2) is 66.2 Å². The average molecular weight is 473 g/mol. The Morgan fingerprint density at radius 2 is 1.74 bits per heavy atom. The molecular formula is C28H28N2O5. The molecule has 5 rings (SSSR count). The van der Waals surface area contributed by atoms with Crippen molar-refractivity contribution in [3.63, 3.8) is 0 Å². The first-order chi connectivity index (χ1) is 17.0. The Balaban J connectivity index is 1.65. The molecule has 7 nitrogen and oxygen atoms in total. The number of amides is 1. The van der Waals surface area contributed by atoms with Crippen LogP contribution in [0, 0.1) is 0 Å². The summed E-state index contributed by atoms with van der Waals surface area (Å²) in [5.74, 6) is -0.404. The molecule has 1 unspecified atom stereocenters. The van der Waals surface area contributed by atoms with Crippen molar-refractivity contribution in [1.82, 2.24) is 9.80 Å². The third-order valence-corrected chi connectivity index (χ3v) is 6.48. The zero-order chi connectivity index (χ0) is 24.5. The van der Waals surface area contributed by atoms with Gasteiger partial charge in [0.05, 0.1) is 11.6 Å². The first kappa shape index (κ1) is 22.9. The molecule has 7 heteroatoms. The number of hydrogen-bond acceptors (Lipinski definition) is 6. The summed E-state index contributed by atoms with van der Waals surface area (Å²) in [7, 11) is 3.94. The highest BCUT2D eigenvalue weighted by Gasteiger charge is 2.46. The van der Waals surface area contributed by atoms with Crippen LogP contribution in [0.1, 0.15) is 23.6 Å². The van der Waals surface area contributed by atoms with Crippen LogP contribution >= 0.6 is 0 Å². The van der Waals surface area contributed by atoms with Crippen LogP contribution in [0.3, 0.4) is 0 Å². The lowest BCUT2D eigenvalue weighted by Crippen LogP contribution is -2.32. The Kier molecular flexibility index (Phi) is 6.17. The van der Waals surface area contributed by atoms with Crippen molar-refractivity contribution in [2.75, 3.05) is 40.4 Å². The zero-order valence-corrected chi connectivity index (χ0v) is 19.9. The number of ether oxygens (including phenoxy) is 2. The molecule has 1 N–H and O–H groups in total. The van der Waals surface area contributed by atoms with E-state index in [0.29, 0.717) is 43.2 Å². The van der Waals surface area contributed by atoms with Gasteiger partial charge in [-0.1, -0.05) is 42.5 Å². The van der Waals surface area contributed by atoms with Crippen molar-refractivity contribution in [2.45, 2.75) is 12.5 Å². The van der Waals surface area contributed by atoms with Gasteiger partial charge < -0.3 is 24.4 Å². The Labute approximate surface area is 204 Å². The monoisotopic (exact) mass is 472 g/mol. The molecule has 3 aromatic rings. The largest absolute Gasteiger partial charge is 0.507 e. The zero-order valence-electron chi connectivity index (χ0n) is 19.9. The summed E-state index contributed by atoms with van der Waals surface area (Å²) in [5, 5.41) is 13.4. The van der Waals surface area contributed by atoms with Crippen LogP contribution in [-0.2, 0) is 9.59 Å². The van der Waals surface area contributed by atoms with E-state index in [2.05, 4.69) is 0 Å². The van der Waals surface area contributed by atoms with E-state index >= 15 is 0 Å². The fourth-order valence-corrected chi connectivity index (χ4v) is 4.83. The fraction of sp³-hybridized carbons (Fsp3) is 0.286. The number of nitrogens with zero attached hydrogens (tertiary/aromatic N) is 2. The van der Waals surface area contributed by atoms with Crippen molar-refractivity contribution in [3.05, 3.63) is 77.4 Å². The van der Waals surface area contributed by atoms with E-state index in [1.165, 1.54) is 0 Å². The van der Waals surface area contributed by atoms with Crippen LogP contribution in [0.4, 0.5) is 0 Å². The van der Waals surface area contributed by atoms with Gasteiger partial charge in [-0.3, -0.25) is 9.59 Å². The smallest absolute Gasteiger partial charge is 0.295 e. The van der Waals surface area contributed by atoms with Gasteiger partial charge in [0.1, 0.15) is 19.0 Å². The van der Waals surface area contributed by atoms with Crippen LogP contribution in [-0.4, -0.2) is 67.0 Å². The number of benzene rings is 3. The van der Waals surface area contributed by atoms with Gasteiger partial charge in [0, 0.05) is 12.1 Å². The maximum Gasteiger partial charge on any atom is 0.295 e. The maximum absolute atomic E-state index is 13.4. The summed E-state index contributed by atoms with van der Waals surface area (Å²) in [6, 6.07) is 18.1. The molecular weight excluding hydrogens is 444 g/mol. The fourth-order valence-electron chi connectivity index (χ4n) is 4.83. The summed E-state index contributed by atoms with van der Waals surface area (Å²) in [6.45, 7) is 2.03. The number of aliphatic hydroxyl groups excluding tert-OH is 1. The summed E-state index contributed by atoms with van der Waals surface area (Å²) in [6.07, 6.45) is 0.700. The van der Waals surface area contributed by atoms with Gasteiger partial charge in [0.15, 0.2) is 11.5 Å². The minimum absolute atomic E-state index is 0.0906. The van der Waals surface area contributed by atoms with Crippen LogP contribution in [0.25, 0.3) is 16.5 Å². The van der Waals surface area contributed by atoms with Crippen molar-refractivity contribution in [1.29, 1.82) is 0 Å². The average Bonchev–Trinajstić information content (AvgIpc) is 3.12. The first-order valence-electron chi connectivity index (χ1n) is 11.8. The second-order valence-electron chi connectivity index (χ2n) is 9.08. The number of ketones is 1. The van der Waals surface area contributed by atoms with Gasteiger partial charge in [-0.15, -0.1) is 0 Å². The highest BCUT2D eigenvalue weighted by atomic mass is 16.6. The van der Waals surface area contributed by atoms with Crippen molar-refractivity contribution in [3.8, 4) is 11.5 Å². The van der Waals surface area contributed by atoms with Crippen LogP contribution in [0.2, 0.25) is 0 Å². The molecule has 0 aromatic heterocycles. The molecule has 1 fully saturated rings. The molecule has 1 saturated heterocycles. The predicted molar refractivity (Wildman–Crippen MR) is 134 cm³/mol. The summed E-state index contributed by atoms with van der Waals surface area (Å²) < 4.78 is 11.3. The lowest BCUT2D eigenvalue weighted by atomic mass is 9.91. The topological polar surface area (TPSA) is 79.3 Å². The van der Waals surface area contributed by atoms with E-state index in [1.807, 2.05) is 61.5 Å². The maximum atomic E-state index is 13.4. The van der Waals surface area contributed by atoms with E-state index in [-0.39, 0.29) is 11.3 Å². The Bertz CT molecular complexity index is 1320. The molecule has 3 aromatic carbocycles. The van der Waals surface area contributed by atoms with Crippen molar-refractivity contribution < 1.29 is 24.2 Å². The normalized spacial score (nSPS) is 19.1. The third kappa shape index (κ3) is 4.23. The SMILES string of the molecule is CN(C)CCCN1C(=O)C(=O)C(=C(O)c2ccc3c(c2)OCCO3)C1c1cccc2ccccc12. The minimum Gasteiger partial charge on any atom is -0.507 e. The highest BCUT2D eigenvalue weighted by molar-refractivity contribution is 6.46. The number of rotatable bonds is 6. The quantitative estimate of drug-likeness (QED) is 0.332. The standard InChI is InChI=1S/C28H28N2O5/c1-29(2)13-6-14-30-25(21-10-5-8-18-7-3-4-9-20(18)21)24(27(32)28(30)33)26(31)19-11-12-22-23(17-19)35-16-15-34-22/h3-5,7-12,17,25,31H,6,13-16H2,1-2H3. The number of hydrogen-bond donors (Lipinski definition) is 1. The lowest BCUT2D eigenvalue weighted by molar-refractivity contribution is -0.139. The van der Waals surface area contributed by atoms with E-state index in [0.717, 1.165) is 22.9 Å². The number of likely N-dealkylation sites (tertiary alicyclic amines) is 1. The van der Waals surface area contributed by atoms with Crippen molar-refractivity contribution in [2.24, 2.45) is 0 Å². The number of fused-ring (bicyclic) bond motifs is 2. The predicted octanol–water partition coefficient (Wildman–Crippen LogP) is 3.98. The molecule has 0 radical (unpaired) electrons. The Hall–Kier alpha value is -3.84. The first-order valence-corrected chi connectivity index (χ1v) is 11.8. The molecule has 0 spiro atoms. The highest BCUT2D eigenvalue weighted by Crippen LogP contribution is 2.43. The van der Waals surface area contributed by atoms with Crippen LogP contribution in [0.5, 0.6) is 11.5 Å². The molecule has 0 bridgehead atoms. The molecule has 1 atom stereocenters. The summed E-state index contributed by atoms with van der Waals surface area (Å²) in [4.78, 5) is 30.2. The molecule has 0 saturated carbocycles. The number of carbonyl (C=O) groups is 2. The third-order valence-electron chi connectivity index (χ3n) is 6.48. The van der Waals surface area contributed by atoms with E-state index in [9.17, 15) is 14.7 Å². The summed E-state index contributed by atoms with van der Waals surface area (Å²) >= 11 is 0. The van der Waals surface area contributed by atoms with E-state index < -0.39 is 17.7 Å². The molecule has 180 valence electrons. The molecule has 2 heterocycles. The van der Waals surface area contributed by atoms with Crippen molar-refractivity contribution >= 4 is 28.2 Å². The Morgan fingerprint density at radius 1 is 1.00 bits per heavy atom. The van der Waals surface area contributed by atoms with Crippen LogP contribution < -0.4 is 9.47 Å². The van der Waals surface area contributed by atoms with Gasteiger partial charge >= 0.3 is 0 Å². The molecule has 2 aliphatic rings. The number of aliphatic hydroxyl groups is 1. The lowest BCUT2D eigenvalue weighted by Gasteiger charge is -2.27. The van der Waals surface area contributed by atoms with E-state index in [4.69, 9.17) is 9.47 Å². The number of carbonyl (C=O) groups excluding carboxylic acids is 2. The molecule has 35 heavy (non-hydrogen) atoms. The van der Waals surface area contributed by atoms with Gasteiger partial charge in [0.2, 0.25) is 0 Å². The van der Waals surface area contributed by atoms with Gasteiger partial charge in [-0.25, -0.2) is 0 Å². The Morgan fingerprint density at radius 3 is 2.54 bits per heavy atom. The van der Waals surface area contributed by atoms with Gasteiger partial charge in [0.25, 0.3) is 11.7 Å². The minimum atomic E-state index is -0.698. The summed E-state index contributed by atoms with van der Waals surface area (Å²) in [5.41, 5.74) is 1.31. The number of Topliss-reactive ketones (excluding diaryl/α,β-unsaturated/α-hetero) is 1. The molecule has 0 aliphatic carbocycles. The van der Waals surface area contributed by atoms with E-state index in [1.54, 1.807) is 23.1 Å². The second kappa shape index (κ2) is 9.43.